The summed E-state index contributed by atoms with van der Waals surface area (Å²) in [5, 5.41) is 12.0. The standard InChI is InChI=1S/C12H16N2O2/c1-9-3-2-6-13-10(9)11(16)14-7-12(8-15)4-5-12/h2-3,6,15H,4-5,7-8H2,1H3,(H,14,16). The van der Waals surface area contributed by atoms with Crippen LogP contribution >= 0.6 is 0 Å². The molecule has 1 saturated carbocycles. The predicted octanol–water partition coefficient (Wildman–Crippen LogP) is 0.892. The molecule has 1 aliphatic rings. The Hall–Kier alpha value is -1.42. The second kappa shape index (κ2) is 4.22. The lowest BCUT2D eigenvalue weighted by molar-refractivity contribution is 0.0929. The number of nitrogens with zero attached hydrogens (tertiary/aromatic N) is 1. The van der Waals surface area contributed by atoms with Gasteiger partial charge in [-0.3, -0.25) is 9.78 Å². The van der Waals surface area contributed by atoms with Gasteiger partial charge in [-0.2, -0.15) is 0 Å². The van der Waals surface area contributed by atoms with E-state index in [9.17, 15) is 4.79 Å². The first-order chi connectivity index (χ1) is 7.67. The number of hydrogen-bond donors (Lipinski definition) is 2. The van der Waals surface area contributed by atoms with Crippen LogP contribution in [-0.4, -0.2) is 29.1 Å². The van der Waals surface area contributed by atoms with Crippen LogP contribution in [0.4, 0.5) is 0 Å². The molecule has 4 nitrogen and oxygen atoms in total. The van der Waals surface area contributed by atoms with Crippen LogP contribution < -0.4 is 5.32 Å². The second-order valence-electron chi connectivity index (χ2n) is 4.51. The van der Waals surface area contributed by atoms with E-state index >= 15 is 0 Å². The molecule has 0 saturated heterocycles. The van der Waals surface area contributed by atoms with Crippen molar-refractivity contribution in [1.82, 2.24) is 10.3 Å². The van der Waals surface area contributed by atoms with Gasteiger partial charge in [0.25, 0.3) is 5.91 Å². The molecule has 4 heteroatoms. The van der Waals surface area contributed by atoms with Crippen molar-refractivity contribution in [2.45, 2.75) is 19.8 Å². The Balaban J connectivity index is 1.96. The van der Waals surface area contributed by atoms with Gasteiger partial charge in [-0.15, -0.1) is 0 Å². The van der Waals surface area contributed by atoms with Crippen molar-refractivity contribution in [3.8, 4) is 0 Å². The van der Waals surface area contributed by atoms with E-state index in [1.54, 1.807) is 6.20 Å². The number of nitrogens with one attached hydrogen (secondary N) is 1. The molecule has 1 aromatic rings. The molecule has 2 N–H and O–H groups in total. The van der Waals surface area contributed by atoms with Crippen LogP contribution in [0.25, 0.3) is 0 Å². The van der Waals surface area contributed by atoms with E-state index in [-0.39, 0.29) is 17.9 Å². The lowest BCUT2D eigenvalue weighted by atomic mass is 10.1. The molecular formula is C12H16N2O2. The number of aliphatic hydroxyl groups is 1. The molecule has 1 aliphatic carbocycles. The number of hydrogen-bond acceptors (Lipinski definition) is 3. The molecule has 1 amide bonds. The Labute approximate surface area is 94.7 Å². The molecule has 1 aromatic heterocycles. The normalized spacial score (nSPS) is 16.9. The fraction of sp³-hybridized carbons (Fsp3) is 0.500. The second-order valence-corrected chi connectivity index (χ2v) is 4.51. The van der Waals surface area contributed by atoms with E-state index in [0.717, 1.165) is 18.4 Å². The van der Waals surface area contributed by atoms with E-state index in [2.05, 4.69) is 10.3 Å². The van der Waals surface area contributed by atoms with Crippen molar-refractivity contribution in [2.75, 3.05) is 13.2 Å². The molecular weight excluding hydrogens is 204 g/mol. The minimum atomic E-state index is -0.155. The number of carbonyl (C=O) groups is 1. The average molecular weight is 220 g/mol. The summed E-state index contributed by atoms with van der Waals surface area (Å²) >= 11 is 0. The fourth-order valence-corrected chi connectivity index (χ4v) is 1.64. The van der Waals surface area contributed by atoms with E-state index in [1.165, 1.54) is 0 Å². The number of aromatic nitrogens is 1. The molecule has 1 heterocycles. The van der Waals surface area contributed by atoms with Gasteiger partial charge >= 0.3 is 0 Å². The highest BCUT2D eigenvalue weighted by Crippen LogP contribution is 2.44. The third kappa shape index (κ3) is 2.22. The van der Waals surface area contributed by atoms with Gasteiger partial charge in [-0.1, -0.05) is 6.07 Å². The van der Waals surface area contributed by atoms with Crippen molar-refractivity contribution < 1.29 is 9.90 Å². The zero-order valence-electron chi connectivity index (χ0n) is 9.36. The van der Waals surface area contributed by atoms with Crippen LogP contribution in [0.5, 0.6) is 0 Å². The molecule has 0 spiro atoms. The summed E-state index contributed by atoms with van der Waals surface area (Å²) in [6.45, 7) is 2.55. The molecule has 0 aliphatic heterocycles. The first kappa shape index (κ1) is 11.1. The van der Waals surface area contributed by atoms with Gasteiger partial charge in [-0.05, 0) is 31.4 Å². The maximum Gasteiger partial charge on any atom is 0.270 e. The van der Waals surface area contributed by atoms with Gasteiger partial charge in [0, 0.05) is 18.2 Å². The van der Waals surface area contributed by atoms with Crippen LogP contribution in [0, 0.1) is 12.3 Å². The average Bonchev–Trinajstić information content (AvgIpc) is 3.07. The summed E-state index contributed by atoms with van der Waals surface area (Å²) in [5.41, 5.74) is 1.28. The molecule has 0 bridgehead atoms. The minimum absolute atomic E-state index is 0.0572. The summed E-state index contributed by atoms with van der Waals surface area (Å²) in [6.07, 6.45) is 3.59. The van der Waals surface area contributed by atoms with Crippen molar-refractivity contribution in [3.63, 3.8) is 0 Å². The first-order valence-electron chi connectivity index (χ1n) is 5.48. The quantitative estimate of drug-likeness (QED) is 0.792. The Morgan fingerprint density at radius 1 is 1.62 bits per heavy atom. The van der Waals surface area contributed by atoms with E-state index in [1.807, 2.05) is 19.1 Å². The van der Waals surface area contributed by atoms with Crippen molar-refractivity contribution in [3.05, 3.63) is 29.6 Å². The molecule has 2 rings (SSSR count). The van der Waals surface area contributed by atoms with Crippen LogP contribution in [-0.2, 0) is 0 Å². The SMILES string of the molecule is Cc1cccnc1C(=O)NCC1(CO)CC1. The van der Waals surface area contributed by atoms with Crippen LogP contribution in [0.15, 0.2) is 18.3 Å². The maximum atomic E-state index is 11.8. The predicted molar refractivity (Wildman–Crippen MR) is 60.1 cm³/mol. The number of aliphatic hydroxyl groups excluding tert-OH is 1. The Bertz CT molecular complexity index is 400. The summed E-state index contributed by atoms with van der Waals surface area (Å²) in [7, 11) is 0. The number of aryl methyl sites for hydroxylation is 1. The highest BCUT2D eigenvalue weighted by Gasteiger charge is 2.42. The lowest BCUT2D eigenvalue weighted by Gasteiger charge is -2.12. The lowest BCUT2D eigenvalue weighted by Crippen LogP contribution is -2.32. The highest BCUT2D eigenvalue weighted by molar-refractivity contribution is 5.93. The first-order valence-corrected chi connectivity index (χ1v) is 5.48. The van der Waals surface area contributed by atoms with Gasteiger partial charge in [0.1, 0.15) is 5.69 Å². The molecule has 86 valence electrons. The smallest absolute Gasteiger partial charge is 0.270 e. The summed E-state index contributed by atoms with van der Waals surface area (Å²) in [6, 6.07) is 3.67. The number of rotatable bonds is 4. The summed E-state index contributed by atoms with van der Waals surface area (Å²) < 4.78 is 0. The Morgan fingerprint density at radius 3 is 2.94 bits per heavy atom. The van der Waals surface area contributed by atoms with E-state index in [0.29, 0.717) is 12.2 Å². The van der Waals surface area contributed by atoms with Crippen LogP contribution in [0.2, 0.25) is 0 Å². The zero-order valence-corrected chi connectivity index (χ0v) is 9.36. The van der Waals surface area contributed by atoms with E-state index in [4.69, 9.17) is 5.11 Å². The van der Waals surface area contributed by atoms with Gasteiger partial charge in [0.15, 0.2) is 0 Å². The zero-order chi connectivity index (χ0) is 11.6. The van der Waals surface area contributed by atoms with Gasteiger partial charge in [0.05, 0.1) is 6.61 Å². The van der Waals surface area contributed by atoms with Gasteiger partial charge in [-0.25, -0.2) is 0 Å². The van der Waals surface area contributed by atoms with Gasteiger partial charge in [0.2, 0.25) is 0 Å². The van der Waals surface area contributed by atoms with Gasteiger partial charge < -0.3 is 10.4 Å². The fourth-order valence-electron chi connectivity index (χ4n) is 1.64. The number of pyridine rings is 1. The summed E-state index contributed by atoms with van der Waals surface area (Å²) in [4.78, 5) is 15.9. The molecule has 0 atom stereocenters. The molecule has 1 fully saturated rings. The van der Waals surface area contributed by atoms with Crippen molar-refractivity contribution in [2.24, 2.45) is 5.41 Å². The maximum absolute atomic E-state index is 11.8. The number of carbonyl (C=O) groups excluding carboxylic acids is 1. The van der Waals surface area contributed by atoms with Crippen molar-refractivity contribution >= 4 is 5.91 Å². The minimum Gasteiger partial charge on any atom is -0.396 e. The molecule has 16 heavy (non-hydrogen) atoms. The number of amides is 1. The van der Waals surface area contributed by atoms with E-state index < -0.39 is 0 Å². The third-order valence-electron chi connectivity index (χ3n) is 3.14. The third-order valence-corrected chi connectivity index (χ3v) is 3.14. The van der Waals surface area contributed by atoms with Crippen LogP contribution in [0.3, 0.4) is 0 Å². The molecule has 0 unspecified atom stereocenters. The topological polar surface area (TPSA) is 62.2 Å². The van der Waals surface area contributed by atoms with Crippen LogP contribution in [0.1, 0.15) is 28.9 Å². The largest absolute Gasteiger partial charge is 0.396 e. The highest BCUT2D eigenvalue weighted by atomic mass is 16.3. The Morgan fingerprint density at radius 2 is 2.38 bits per heavy atom. The molecule has 0 aromatic carbocycles. The van der Waals surface area contributed by atoms with Crippen molar-refractivity contribution in [1.29, 1.82) is 0 Å². The molecule has 0 radical (unpaired) electrons. The summed E-state index contributed by atoms with van der Waals surface area (Å²) in [5.74, 6) is -0.155. The Kier molecular flexibility index (Phi) is 2.92. The monoisotopic (exact) mass is 220 g/mol.